The molecule has 0 spiro atoms. The number of pyridine rings is 1. The van der Waals surface area contributed by atoms with Crippen molar-refractivity contribution < 1.29 is 4.79 Å². The van der Waals surface area contributed by atoms with E-state index in [9.17, 15) is 4.79 Å². The highest BCUT2D eigenvalue weighted by atomic mass is 32.1. The minimum Gasteiger partial charge on any atom is -0.339 e. The van der Waals surface area contributed by atoms with Gasteiger partial charge in [0.1, 0.15) is 11.2 Å². The van der Waals surface area contributed by atoms with E-state index in [-0.39, 0.29) is 11.9 Å². The van der Waals surface area contributed by atoms with E-state index in [4.69, 9.17) is 0 Å². The highest BCUT2D eigenvalue weighted by Gasteiger charge is 2.30. The van der Waals surface area contributed by atoms with Crippen molar-refractivity contribution in [1.82, 2.24) is 25.6 Å². The van der Waals surface area contributed by atoms with Crippen molar-refractivity contribution in [3.63, 3.8) is 0 Å². The number of benzene rings is 1. The molecule has 2 atom stereocenters. The van der Waals surface area contributed by atoms with Gasteiger partial charge in [-0.3, -0.25) is 9.78 Å². The Morgan fingerprint density at radius 3 is 3.04 bits per heavy atom. The third kappa shape index (κ3) is 3.02. The molecule has 1 aromatic carbocycles. The zero-order chi connectivity index (χ0) is 18.1. The number of aromatic nitrogens is 3. The highest BCUT2D eigenvalue weighted by molar-refractivity contribution is 7.81. The van der Waals surface area contributed by atoms with Crippen molar-refractivity contribution in [3.05, 3.63) is 54.1 Å². The number of aromatic amines is 1. The number of hydrogen-bond acceptors (Lipinski definition) is 6. The lowest BCUT2D eigenvalue weighted by molar-refractivity contribution is 0.0938. The Balaban J connectivity index is 1.45. The first-order chi connectivity index (χ1) is 12.6. The molecule has 2 unspecified atom stereocenters. The van der Waals surface area contributed by atoms with Crippen LogP contribution >= 0.6 is 12.6 Å². The Morgan fingerprint density at radius 2 is 2.15 bits per heavy atom. The van der Waals surface area contributed by atoms with Crippen molar-refractivity contribution in [3.8, 4) is 0 Å². The van der Waals surface area contributed by atoms with Gasteiger partial charge in [-0.2, -0.15) is 0 Å². The predicted molar refractivity (Wildman–Crippen MR) is 104 cm³/mol. The summed E-state index contributed by atoms with van der Waals surface area (Å²) in [5.74, 6) is 0.455. The molecule has 8 heteroatoms. The molecule has 0 aliphatic carbocycles. The van der Waals surface area contributed by atoms with Gasteiger partial charge in [-0.15, -0.1) is 12.6 Å². The molecule has 3 heterocycles. The SMILES string of the molecule is CC(NCCN1c2nc[nH]c2C(=O)NC1S)c1ccnc2ccccc12. The number of hydrogen-bond donors (Lipinski definition) is 4. The molecule has 7 nitrogen and oxygen atoms in total. The van der Waals surface area contributed by atoms with E-state index < -0.39 is 5.50 Å². The third-order valence-electron chi connectivity index (χ3n) is 4.63. The molecule has 2 aromatic heterocycles. The van der Waals surface area contributed by atoms with Gasteiger partial charge in [-0.25, -0.2) is 4.98 Å². The topological polar surface area (TPSA) is 85.9 Å². The summed E-state index contributed by atoms with van der Waals surface area (Å²) in [5.41, 5.74) is 2.29. The monoisotopic (exact) mass is 368 g/mol. The summed E-state index contributed by atoms with van der Waals surface area (Å²) in [6.45, 7) is 3.52. The summed E-state index contributed by atoms with van der Waals surface area (Å²) in [6.07, 6.45) is 3.37. The minimum atomic E-state index is -0.392. The van der Waals surface area contributed by atoms with Crippen LogP contribution in [-0.2, 0) is 0 Å². The van der Waals surface area contributed by atoms with Gasteiger partial charge in [0.25, 0.3) is 5.91 Å². The summed E-state index contributed by atoms with van der Waals surface area (Å²) in [7, 11) is 0. The van der Waals surface area contributed by atoms with Crippen LogP contribution in [0.3, 0.4) is 0 Å². The van der Waals surface area contributed by atoms with E-state index in [1.165, 1.54) is 11.9 Å². The predicted octanol–water partition coefficient (Wildman–Crippen LogP) is 2.07. The maximum Gasteiger partial charge on any atom is 0.273 e. The normalized spacial score (nSPS) is 17.8. The van der Waals surface area contributed by atoms with E-state index in [1.54, 1.807) is 0 Å². The molecule has 3 N–H and O–H groups in total. The summed E-state index contributed by atoms with van der Waals surface area (Å²) in [6, 6.07) is 10.4. The van der Waals surface area contributed by atoms with Gasteiger partial charge in [0.2, 0.25) is 0 Å². The van der Waals surface area contributed by atoms with Crippen molar-refractivity contribution in [1.29, 1.82) is 0 Å². The van der Waals surface area contributed by atoms with Gasteiger partial charge < -0.3 is 20.5 Å². The van der Waals surface area contributed by atoms with Gasteiger partial charge in [-0.05, 0) is 24.6 Å². The average Bonchev–Trinajstić information content (AvgIpc) is 3.14. The van der Waals surface area contributed by atoms with Crippen molar-refractivity contribution in [2.75, 3.05) is 18.0 Å². The van der Waals surface area contributed by atoms with E-state index in [0.717, 1.165) is 17.4 Å². The number of carbonyl (C=O) groups excluding carboxylic acids is 1. The van der Waals surface area contributed by atoms with Crippen molar-refractivity contribution >= 4 is 35.3 Å². The largest absolute Gasteiger partial charge is 0.339 e. The average molecular weight is 368 g/mol. The number of amides is 1. The fourth-order valence-corrected chi connectivity index (χ4v) is 3.63. The van der Waals surface area contributed by atoms with Crippen LogP contribution in [0.2, 0.25) is 0 Å². The van der Waals surface area contributed by atoms with Crippen LogP contribution in [0.15, 0.2) is 42.9 Å². The molecule has 0 fully saturated rings. The molecule has 0 radical (unpaired) electrons. The fourth-order valence-electron chi connectivity index (χ4n) is 3.29. The van der Waals surface area contributed by atoms with Crippen LogP contribution in [0.25, 0.3) is 10.9 Å². The zero-order valence-corrected chi connectivity index (χ0v) is 15.2. The molecule has 1 aliphatic rings. The molecule has 134 valence electrons. The van der Waals surface area contributed by atoms with E-state index >= 15 is 0 Å². The van der Waals surface area contributed by atoms with Crippen LogP contribution in [0.1, 0.15) is 29.0 Å². The van der Waals surface area contributed by atoms with Gasteiger partial charge in [0.15, 0.2) is 5.82 Å². The lowest BCUT2D eigenvalue weighted by Crippen LogP contribution is -2.51. The number of fused-ring (bicyclic) bond motifs is 2. The second kappa shape index (κ2) is 6.97. The first-order valence-electron chi connectivity index (χ1n) is 8.51. The van der Waals surface area contributed by atoms with Gasteiger partial charge >= 0.3 is 0 Å². The first kappa shape index (κ1) is 16.9. The number of imidazole rings is 1. The van der Waals surface area contributed by atoms with E-state index in [1.807, 2.05) is 35.4 Å². The Hall–Kier alpha value is -2.58. The summed E-state index contributed by atoms with van der Waals surface area (Å²) >= 11 is 4.46. The molecule has 0 saturated heterocycles. The molecule has 0 saturated carbocycles. The number of thiol groups is 1. The zero-order valence-electron chi connectivity index (χ0n) is 14.3. The van der Waals surface area contributed by atoms with Crippen LogP contribution in [0.4, 0.5) is 5.82 Å². The molecule has 26 heavy (non-hydrogen) atoms. The molecule has 4 rings (SSSR count). The number of carbonyl (C=O) groups is 1. The number of anilines is 1. The maximum absolute atomic E-state index is 11.9. The van der Waals surface area contributed by atoms with Crippen molar-refractivity contribution in [2.45, 2.75) is 18.5 Å². The standard InChI is InChI=1S/C18H20N6OS/c1-11(12-6-7-20-14-5-3-2-4-13(12)14)19-8-9-24-16-15(21-10-22-16)17(25)23-18(24)26/h2-7,10-11,18-19,26H,8-9H2,1H3,(H,21,22)(H,23,25). The Morgan fingerprint density at radius 1 is 1.31 bits per heavy atom. The van der Waals surface area contributed by atoms with Crippen LogP contribution in [0.5, 0.6) is 0 Å². The third-order valence-corrected chi connectivity index (χ3v) is 5.03. The molecular formula is C18H20N6OS. The van der Waals surface area contributed by atoms with Crippen LogP contribution in [0, 0.1) is 0 Å². The fraction of sp³-hybridized carbons (Fsp3) is 0.278. The molecule has 0 bridgehead atoms. The molecular weight excluding hydrogens is 348 g/mol. The van der Waals surface area contributed by atoms with Crippen LogP contribution in [-0.4, -0.2) is 39.4 Å². The second-order valence-corrected chi connectivity index (χ2v) is 6.72. The smallest absolute Gasteiger partial charge is 0.273 e. The quantitative estimate of drug-likeness (QED) is 0.518. The molecule has 3 aromatic rings. The first-order valence-corrected chi connectivity index (χ1v) is 9.03. The second-order valence-electron chi connectivity index (χ2n) is 6.23. The number of nitrogens with one attached hydrogen (secondary N) is 3. The lowest BCUT2D eigenvalue weighted by Gasteiger charge is -2.33. The number of rotatable bonds is 5. The Kier molecular flexibility index (Phi) is 4.52. The summed E-state index contributed by atoms with van der Waals surface area (Å²) in [4.78, 5) is 25.4. The van der Waals surface area contributed by atoms with Crippen molar-refractivity contribution in [2.24, 2.45) is 0 Å². The molecule has 1 aliphatic heterocycles. The lowest BCUT2D eigenvalue weighted by atomic mass is 10.0. The van der Waals surface area contributed by atoms with E-state index in [0.29, 0.717) is 18.1 Å². The van der Waals surface area contributed by atoms with E-state index in [2.05, 4.69) is 51.2 Å². The van der Waals surface area contributed by atoms with Gasteiger partial charge in [0.05, 0.1) is 11.8 Å². The minimum absolute atomic E-state index is 0.166. The van der Waals surface area contributed by atoms with Crippen LogP contribution < -0.4 is 15.5 Å². The molecule has 1 amide bonds. The summed E-state index contributed by atoms with van der Waals surface area (Å²) < 4.78 is 0. The summed E-state index contributed by atoms with van der Waals surface area (Å²) in [5, 5.41) is 7.50. The Labute approximate surface area is 156 Å². The number of H-pyrrole nitrogens is 1. The van der Waals surface area contributed by atoms with Gasteiger partial charge in [0, 0.05) is 30.7 Å². The number of para-hydroxylation sites is 1. The maximum atomic E-state index is 11.9. The van der Waals surface area contributed by atoms with Gasteiger partial charge in [-0.1, -0.05) is 18.2 Å². The Bertz CT molecular complexity index is 937. The highest BCUT2D eigenvalue weighted by Crippen LogP contribution is 2.24. The number of nitrogens with zero attached hydrogens (tertiary/aromatic N) is 3.